The highest BCUT2D eigenvalue weighted by Crippen LogP contribution is 2.07. The first-order valence-corrected chi connectivity index (χ1v) is 7.22. The van der Waals surface area contributed by atoms with E-state index >= 15 is 0 Å². The predicted octanol–water partition coefficient (Wildman–Crippen LogP) is 1.31. The van der Waals surface area contributed by atoms with Crippen LogP contribution in [0.15, 0.2) is 53.3 Å². The fourth-order valence-electron chi connectivity index (χ4n) is 2.33. The van der Waals surface area contributed by atoms with Crippen molar-refractivity contribution in [3.8, 4) is 0 Å². The van der Waals surface area contributed by atoms with Crippen LogP contribution in [0.3, 0.4) is 0 Å². The monoisotopic (exact) mass is 308 g/mol. The fourth-order valence-corrected chi connectivity index (χ4v) is 2.33. The number of para-hydroxylation sites is 1. The van der Waals surface area contributed by atoms with Gasteiger partial charge < -0.3 is 16.0 Å². The molecule has 0 saturated heterocycles. The topological polar surface area (TPSA) is 101 Å². The highest BCUT2D eigenvalue weighted by Gasteiger charge is 2.11. The van der Waals surface area contributed by atoms with Crippen molar-refractivity contribution in [2.24, 2.45) is 5.73 Å². The number of nitrogens with zero attached hydrogens (tertiary/aromatic N) is 1. The first kappa shape index (κ1) is 14.9. The number of hydrogen-bond acceptors (Lipinski definition) is 4. The van der Waals surface area contributed by atoms with Crippen molar-refractivity contribution in [1.82, 2.24) is 15.3 Å². The summed E-state index contributed by atoms with van der Waals surface area (Å²) in [5.74, 6) is -0.422. The van der Waals surface area contributed by atoms with Crippen LogP contribution in [0, 0.1) is 0 Å². The second-order valence-corrected chi connectivity index (χ2v) is 5.14. The second-order valence-electron chi connectivity index (χ2n) is 5.14. The van der Waals surface area contributed by atoms with Gasteiger partial charge in [0.05, 0.1) is 10.9 Å². The Balaban J connectivity index is 1.79. The average molecular weight is 308 g/mol. The van der Waals surface area contributed by atoms with E-state index < -0.39 is 5.91 Å². The Morgan fingerprint density at radius 3 is 2.74 bits per heavy atom. The summed E-state index contributed by atoms with van der Waals surface area (Å²) in [6, 6.07) is 14.5. The third kappa shape index (κ3) is 3.27. The number of carbonyl (C=O) groups excluding carboxylic acids is 1. The lowest BCUT2D eigenvalue weighted by molar-refractivity contribution is 0.0940. The van der Waals surface area contributed by atoms with E-state index in [9.17, 15) is 9.59 Å². The van der Waals surface area contributed by atoms with Crippen molar-refractivity contribution < 1.29 is 4.79 Å². The standard InChI is InChI=1S/C17H16N4O2/c18-9-11-4-3-5-12(8-11)10-19-17(23)15-20-14-7-2-1-6-13(14)16(22)21-15/h1-8H,9-10,18H2,(H,19,23)(H,20,21,22). The number of H-pyrrole nitrogens is 1. The Kier molecular flexibility index (Phi) is 4.16. The molecule has 6 heteroatoms. The smallest absolute Gasteiger partial charge is 0.287 e. The van der Waals surface area contributed by atoms with E-state index in [-0.39, 0.29) is 11.4 Å². The normalized spacial score (nSPS) is 10.7. The number of rotatable bonds is 4. The lowest BCUT2D eigenvalue weighted by atomic mass is 10.1. The molecule has 0 fully saturated rings. The van der Waals surface area contributed by atoms with Gasteiger partial charge in [0.25, 0.3) is 11.5 Å². The van der Waals surface area contributed by atoms with E-state index in [1.165, 1.54) is 0 Å². The number of nitrogens with two attached hydrogens (primary N) is 1. The SMILES string of the molecule is NCc1cccc(CNC(=O)c2nc3ccccc3c(=O)[nH]2)c1. The molecule has 0 unspecified atom stereocenters. The maximum Gasteiger partial charge on any atom is 0.287 e. The Hall–Kier alpha value is -2.99. The molecular formula is C17H16N4O2. The van der Waals surface area contributed by atoms with Crippen LogP contribution in [0.4, 0.5) is 0 Å². The Morgan fingerprint density at radius 2 is 1.91 bits per heavy atom. The lowest BCUT2D eigenvalue weighted by Crippen LogP contribution is -2.27. The molecule has 3 rings (SSSR count). The Labute approximate surface area is 132 Å². The molecule has 1 heterocycles. The zero-order valence-electron chi connectivity index (χ0n) is 12.4. The maximum atomic E-state index is 12.2. The Morgan fingerprint density at radius 1 is 1.13 bits per heavy atom. The minimum atomic E-state index is -0.425. The molecule has 23 heavy (non-hydrogen) atoms. The minimum absolute atomic E-state index is 0.00341. The third-order valence-electron chi connectivity index (χ3n) is 3.51. The maximum absolute atomic E-state index is 12.2. The molecule has 0 aliphatic heterocycles. The minimum Gasteiger partial charge on any atom is -0.345 e. The van der Waals surface area contributed by atoms with Crippen molar-refractivity contribution in [2.75, 3.05) is 0 Å². The number of hydrogen-bond donors (Lipinski definition) is 3. The molecule has 2 aromatic carbocycles. The largest absolute Gasteiger partial charge is 0.345 e. The van der Waals surface area contributed by atoms with E-state index in [0.717, 1.165) is 11.1 Å². The number of aromatic amines is 1. The van der Waals surface area contributed by atoms with Crippen LogP contribution < -0.4 is 16.6 Å². The molecule has 116 valence electrons. The summed E-state index contributed by atoms with van der Waals surface area (Å²) in [5.41, 5.74) is 7.69. The van der Waals surface area contributed by atoms with Gasteiger partial charge in [-0.25, -0.2) is 4.98 Å². The molecular weight excluding hydrogens is 292 g/mol. The first-order valence-electron chi connectivity index (χ1n) is 7.22. The lowest BCUT2D eigenvalue weighted by Gasteiger charge is -2.07. The molecule has 0 saturated carbocycles. The highest BCUT2D eigenvalue weighted by molar-refractivity contribution is 5.92. The van der Waals surface area contributed by atoms with E-state index in [0.29, 0.717) is 24.0 Å². The van der Waals surface area contributed by atoms with Crippen LogP contribution in [0.1, 0.15) is 21.7 Å². The van der Waals surface area contributed by atoms with E-state index in [1.54, 1.807) is 24.3 Å². The summed E-state index contributed by atoms with van der Waals surface area (Å²) in [5, 5.41) is 3.20. The van der Waals surface area contributed by atoms with Crippen molar-refractivity contribution in [3.05, 3.63) is 75.8 Å². The number of aromatic nitrogens is 2. The van der Waals surface area contributed by atoms with Crippen LogP contribution in [0.25, 0.3) is 10.9 Å². The predicted molar refractivity (Wildman–Crippen MR) is 87.9 cm³/mol. The van der Waals surface area contributed by atoms with Gasteiger partial charge in [0.2, 0.25) is 0 Å². The van der Waals surface area contributed by atoms with Gasteiger partial charge in [0.15, 0.2) is 5.82 Å². The number of amides is 1. The molecule has 0 atom stereocenters. The number of benzene rings is 2. The van der Waals surface area contributed by atoms with Gasteiger partial charge in [-0.3, -0.25) is 9.59 Å². The summed E-state index contributed by atoms with van der Waals surface area (Å²) >= 11 is 0. The van der Waals surface area contributed by atoms with Gasteiger partial charge in [-0.15, -0.1) is 0 Å². The van der Waals surface area contributed by atoms with Gasteiger partial charge >= 0.3 is 0 Å². The van der Waals surface area contributed by atoms with E-state index in [2.05, 4.69) is 15.3 Å². The van der Waals surface area contributed by atoms with Crippen molar-refractivity contribution >= 4 is 16.8 Å². The van der Waals surface area contributed by atoms with Crippen LogP contribution in [0.5, 0.6) is 0 Å². The zero-order valence-corrected chi connectivity index (χ0v) is 12.4. The quantitative estimate of drug-likeness (QED) is 0.676. The highest BCUT2D eigenvalue weighted by atomic mass is 16.2. The molecule has 4 N–H and O–H groups in total. The molecule has 0 bridgehead atoms. The molecule has 0 aliphatic rings. The molecule has 0 spiro atoms. The van der Waals surface area contributed by atoms with Gasteiger partial charge in [0, 0.05) is 13.1 Å². The van der Waals surface area contributed by atoms with E-state index in [1.807, 2.05) is 24.3 Å². The molecule has 0 aliphatic carbocycles. The van der Waals surface area contributed by atoms with Crippen LogP contribution in [-0.2, 0) is 13.1 Å². The Bertz CT molecular complexity index is 918. The number of nitrogens with one attached hydrogen (secondary N) is 2. The average Bonchev–Trinajstić information content (AvgIpc) is 2.60. The number of carbonyl (C=O) groups is 1. The van der Waals surface area contributed by atoms with Crippen molar-refractivity contribution in [1.29, 1.82) is 0 Å². The zero-order chi connectivity index (χ0) is 16.2. The van der Waals surface area contributed by atoms with Gasteiger partial charge in [-0.1, -0.05) is 36.4 Å². The van der Waals surface area contributed by atoms with Gasteiger partial charge in [0.1, 0.15) is 0 Å². The van der Waals surface area contributed by atoms with Gasteiger partial charge in [-0.2, -0.15) is 0 Å². The van der Waals surface area contributed by atoms with Crippen LogP contribution in [-0.4, -0.2) is 15.9 Å². The van der Waals surface area contributed by atoms with E-state index in [4.69, 9.17) is 5.73 Å². The molecule has 6 nitrogen and oxygen atoms in total. The van der Waals surface area contributed by atoms with Crippen molar-refractivity contribution in [3.63, 3.8) is 0 Å². The third-order valence-corrected chi connectivity index (χ3v) is 3.51. The number of fused-ring (bicyclic) bond motifs is 1. The molecule has 0 radical (unpaired) electrons. The first-order chi connectivity index (χ1) is 11.2. The molecule has 1 aromatic heterocycles. The summed E-state index contributed by atoms with van der Waals surface area (Å²) in [6.07, 6.45) is 0. The summed E-state index contributed by atoms with van der Waals surface area (Å²) < 4.78 is 0. The molecule has 1 amide bonds. The van der Waals surface area contributed by atoms with Crippen LogP contribution in [0.2, 0.25) is 0 Å². The van der Waals surface area contributed by atoms with Crippen LogP contribution >= 0.6 is 0 Å². The summed E-state index contributed by atoms with van der Waals surface area (Å²) in [7, 11) is 0. The molecule has 3 aromatic rings. The fraction of sp³-hybridized carbons (Fsp3) is 0.118. The summed E-state index contributed by atoms with van der Waals surface area (Å²) in [4.78, 5) is 30.9. The van der Waals surface area contributed by atoms with Crippen molar-refractivity contribution in [2.45, 2.75) is 13.1 Å². The van der Waals surface area contributed by atoms with Gasteiger partial charge in [-0.05, 0) is 23.3 Å². The summed E-state index contributed by atoms with van der Waals surface area (Å²) in [6.45, 7) is 0.782. The second kappa shape index (κ2) is 6.41.